The molecular weight excluding hydrogens is 304 g/mol. The first-order valence-electron chi connectivity index (χ1n) is 7.07. The Morgan fingerprint density at radius 1 is 1.32 bits per heavy atom. The standard InChI is InChI=1S/C17H19ClO4/c1-10-8-13(19)15(17(2,3)9-14(10)20)22-16(21)11-4-6-12(18)7-5-11/h4-8,13,15,19H,9H2,1-3H3. The van der Waals surface area contributed by atoms with Crippen molar-refractivity contribution in [3.05, 3.63) is 46.5 Å². The lowest BCUT2D eigenvalue weighted by Gasteiger charge is -2.33. The zero-order valence-corrected chi connectivity index (χ0v) is 13.6. The SMILES string of the molecule is CC1=CC(O)C(OC(=O)c2ccc(Cl)cc2)C(C)(C)CC1=O. The van der Waals surface area contributed by atoms with Gasteiger partial charge in [0.2, 0.25) is 0 Å². The van der Waals surface area contributed by atoms with Crippen molar-refractivity contribution >= 4 is 23.4 Å². The number of esters is 1. The van der Waals surface area contributed by atoms with E-state index in [4.69, 9.17) is 16.3 Å². The van der Waals surface area contributed by atoms with Crippen LogP contribution >= 0.6 is 11.6 Å². The highest BCUT2D eigenvalue weighted by atomic mass is 35.5. The van der Waals surface area contributed by atoms with Crippen molar-refractivity contribution in [1.29, 1.82) is 0 Å². The van der Waals surface area contributed by atoms with Gasteiger partial charge < -0.3 is 9.84 Å². The fourth-order valence-corrected chi connectivity index (χ4v) is 2.68. The van der Waals surface area contributed by atoms with Gasteiger partial charge in [0.1, 0.15) is 12.2 Å². The Morgan fingerprint density at radius 2 is 1.91 bits per heavy atom. The number of benzene rings is 1. The summed E-state index contributed by atoms with van der Waals surface area (Å²) in [5.74, 6) is -0.594. The minimum Gasteiger partial charge on any atom is -0.455 e. The summed E-state index contributed by atoms with van der Waals surface area (Å²) in [7, 11) is 0. The molecule has 0 radical (unpaired) electrons. The van der Waals surface area contributed by atoms with E-state index < -0.39 is 23.6 Å². The van der Waals surface area contributed by atoms with Gasteiger partial charge in [-0.05, 0) is 42.8 Å². The predicted molar refractivity (Wildman–Crippen MR) is 83.8 cm³/mol. The largest absolute Gasteiger partial charge is 0.455 e. The molecular formula is C17H19ClO4. The average Bonchev–Trinajstić information content (AvgIpc) is 2.49. The third-order valence-corrected chi connectivity index (χ3v) is 4.12. The minimum absolute atomic E-state index is 0.0471. The molecule has 0 saturated carbocycles. The third kappa shape index (κ3) is 3.57. The van der Waals surface area contributed by atoms with Crippen LogP contribution in [0.4, 0.5) is 0 Å². The summed E-state index contributed by atoms with van der Waals surface area (Å²) >= 11 is 5.79. The fraction of sp³-hybridized carbons (Fsp3) is 0.412. The summed E-state index contributed by atoms with van der Waals surface area (Å²) in [6.45, 7) is 5.27. The van der Waals surface area contributed by atoms with Crippen LogP contribution in [-0.2, 0) is 9.53 Å². The van der Waals surface area contributed by atoms with Gasteiger partial charge in [-0.3, -0.25) is 4.79 Å². The first-order valence-corrected chi connectivity index (χ1v) is 7.45. The molecule has 2 unspecified atom stereocenters. The molecule has 0 aromatic heterocycles. The Labute approximate surface area is 134 Å². The third-order valence-electron chi connectivity index (χ3n) is 3.87. The monoisotopic (exact) mass is 322 g/mol. The number of rotatable bonds is 2. The number of Topliss-reactive ketones (excluding diaryl/α,β-unsaturated/α-hetero) is 1. The van der Waals surface area contributed by atoms with Crippen molar-refractivity contribution in [1.82, 2.24) is 0 Å². The van der Waals surface area contributed by atoms with Gasteiger partial charge in [-0.1, -0.05) is 25.4 Å². The molecule has 1 N–H and O–H groups in total. The van der Waals surface area contributed by atoms with Crippen LogP contribution in [0, 0.1) is 5.41 Å². The molecule has 118 valence electrons. The van der Waals surface area contributed by atoms with E-state index in [1.54, 1.807) is 45.0 Å². The summed E-state index contributed by atoms with van der Waals surface area (Å²) in [6.07, 6.45) is -0.142. The Morgan fingerprint density at radius 3 is 2.50 bits per heavy atom. The minimum atomic E-state index is -1.02. The summed E-state index contributed by atoms with van der Waals surface area (Å²) in [4.78, 5) is 24.2. The summed E-state index contributed by atoms with van der Waals surface area (Å²) in [5, 5.41) is 10.8. The Hall–Kier alpha value is -1.65. The van der Waals surface area contributed by atoms with Crippen LogP contribution in [0.15, 0.2) is 35.9 Å². The molecule has 0 bridgehead atoms. The van der Waals surface area contributed by atoms with Crippen LogP contribution in [-0.4, -0.2) is 29.1 Å². The van der Waals surface area contributed by atoms with Crippen molar-refractivity contribution in [2.75, 3.05) is 0 Å². The molecule has 0 heterocycles. The van der Waals surface area contributed by atoms with Crippen LogP contribution in [0.5, 0.6) is 0 Å². The second-order valence-corrected chi connectivity index (χ2v) is 6.70. The molecule has 0 saturated heterocycles. The van der Waals surface area contributed by atoms with Gasteiger partial charge >= 0.3 is 5.97 Å². The van der Waals surface area contributed by atoms with Crippen molar-refractivity contribution in [2.24, 2.45) is 5.41 Å². The number of ketones is 1. The summed E-state index contributed by atoms with van der Waals surface area (Å²) < 4.78 is 5.49. The van der Waals surface area contributed by atoms with Gasteiger partial charge in [-0.2, -0.15) is 0 Å². The molecule has 1 aromatic rings. The number of aliphatic hydroxyl groups is 1. The van der Waals surface area contributed by atoms with Gasteiger partial charge in [0.15, 0.2) is 5.78 Å². The van der Waals surface area contributed by atoms with E-state index in [9.17, 15) is 14.7 Å². The fourth-order valence-electron chi connectivity index (χ4n) is 2.55. The molecule has 1 aromatic carbocycles. The number of allylic oxidation sites excluding steroid dienone is 1. The van der Waals surface area contributed by atoms with E-state index >= 15 is 0 Å². The van der Waals surface area contributed by atoms with E-state index in [-0.39, 0.29) is 12.2 Å². The zero-order chi connectivity index (χ0) is 16.5. The molecule has 0 spiro atoms. The molecule has 5 heteroatoms. The number of carbonyl (C=O) groups is 2. The quantitative estimate of drug-likeness (QED) is 0.849. The van der Waals surface area contributed by atoms with Crippen LogP contribution < -0.4 is 0 Å². The lowest BCUT2D eigenvalue weighted by molar-refractivity contribution is -0.119. The number of hydrogen-bond donors (Lipinski definition) is 1. The predicted octanol–water partition coefficient (Wildman–Crippen LogP) is 3.17. The Bertz CT molecular complexity index is 616. The second kappa shape index (κ2) is 6.23. The van der Waals surface area contributed by atoms with Crippen molar-refractivity contribution in [3.63, 3.8) is 0 Å². The highest BCUT2D eigenvalue weighted by Gasteiger charge is 2.41. The van der Waals surface area contributed by atoms with Crippen molar-refractivity contribution in [2.45, 2.75) is 39.4 Å². The maximum Gasteiger partial charge on any atom is 0.338 e. The van der Waals surface area contributed by atoms with E-state index in [2.05, 4.69) is 0 Å². The van der Waals surface area contributed by atoms with E-state index in [0.29, 0.717) is 16.2 Å². The highest BCUT2D eigenvalue weighted by Crippen LogP contribution is 2.35. The first kappa shape index (κ1) is 16.7. The smallest absolute Gasteiger partial charge is 0.338 e. The first-order chi connectivity index (χ1) is 10.2. The molecule has 1 aliphatic rings. The van der Waals surface area contributed by atoms with Gasteiger partial charge in [0.05, 0.1) is 5.56 Å². The summed E-state index contributed by atoms with van der Waals surface area (Å²) in [6, 6.07) is 6.32. The van der Waals surface area contributed by atoms with Crippen molar-refractivity contribution < 1.29 is 19.4 Å². The van der Waals surface area contributed by atoms with Crippen LogP contribution in [0.2, 0.25) is 5.02 Å². The maximum atomic E-state index is 12.3. The number of carbonyl (C=O) groups excluding carboxylic acids is 2. The van der Waals surface area contributed by atoms with Crippen LogP contribution in [0.1, 0.15) is 37.6 Å². The normalized spacial score (nSPS) is 24.4. The number of halogens is 1. The zero-order valence-electron chi connectivity index (χ0n) is 12.8. The molecule has 1 aliphatic carbocycles. The van der Waals surface area contributed by atoms with Gasteiger partial charge in [-0.25, -0.2) is 4.79 Å². The van der Waals surface area contributed by atoms with E-state index in [0.717, 1.165) is 0 Å². The number of aliphatic hydroxyl groups excluding tert-OH is 1. The van der Waals surface area contributed by atoms with Gasteiger partial charge in [0.25, 0.3) is 0 Å². The van der Waals surface area contributed by atoms with Gasteiger partial charge in [0, 0.05) is 16.9 Å². The maximum absolute atomic E-state index is 12.3. The van der Waals surface area contributed by atoms with E-state index in [1.165, 1.54) is 6.08 Å². The lowest BCUT2D eigenvalue weighted by atomic mass is 9.80. The molecule has 22 heavy (non-hydrogen) atoms. The Kier molecular flexibility index (Phi) is 4.73. The molecule has 0 amide bonds. The Balaban J connectivity index is 2.24. The molecule has 4 nitrogen and oxygen atoms in total. The molecule has 0 aliphatic heterocycles. The number of ether oxygens (including phenoxy) is 1. The molecule has 2 atom stereocenters. The molecule has 2 rings (SSSR count). The second-order valence-electron chi connectivity index (χ2n) is 6.26. The average molecular weight is 323 g/mol. The number of hydrogen-bond acceptors (Lipinski definition) is 4. The van der Waals surface area contributed by atoms with Gasteiger partial charge in [-0.15, -0.1) is 0 Å². The van der Waals surface area contributed by atoms with E-state index in [1.807, 2.05) is 0 Å². The van der Waals surface area contributed by atoms with Crippen LogP contribution in [0.3, 0.4) is 0 Å². The lowest BCUT2D eigenvalue weighted by Crippen LogP contribution is -2.42. The summed E-state index contributed by atoms with van der Waals surface area (Å²) in [5.41, 5.74) is 0.182. The molecule has 0 fully saturated rings. The topological polar surface area (TPSA) is 63.6 Å². The van der Waals surface area contributed by atoms with Crippen molar-refractivity contribution in [3.8, 4) is 0 Å². The highest BCUT2D eigenvalue weighted by molar-refractivity contribution is 6.30. The van der Waals surface area contributed by atoms with Crippen LogP contribution in [0.25, 0.3) is 0 Å².